The quantitative estimate of drug-likeness (QED) is 0.765. The highest BCUT2D eigenvalue weighted by molar-refractivity contribution is 5.94. The number of carbonyl (C=O) groups excluding carboxylic acids is 1. The van der Waals surface area contributed by atoms with E-state index in [0.29, 0.717) is 24.3 Å². The summed E-state index contributed by atoms with van der Waals surface area (Å²) in [6.07, 6.45) is 6.93. The van der Waals surface area contributed by atoms with Crippen molar-refractivity contribution in [2.24, 2.45) is 11.8 Å². The van der Waals surface area contributed by atoms with E-state index >= 15 is 0 Å². The number of phenolic OH excluding ortho intramolecular Hbond substituents is 1. The molecule has 3 aliphatic carbocycles. The van der Waals surface area contributed by atoms with E-state index < -0.39 is 0 Å². The van der Waals surface area contributed by atoms with Gasteiger partial charge in [-0.1, -0.05) is 24.3 Å². The summed E-state index contributed by atoms with van der Waals surface area (Å²) in [5.74, 6) is 1.67. The predicted molar refractivity (Wildman–Crippen MR) is 128 cm³/mol. The molecule has 4 unspecified atom stereocenters. The second-order valence-electron chi connectivity index (χ2n) is 11.7. The molecule has 3 saturated heterocycles. The first-order valence-electron chi connectivity index (χ1n) is 13.2. The fourth-order valence-corrected chi connectivity index (χ4v) is 9.00. The topological polar surface area (TPSA) is 53.0 Å². The summed E-state index contributed by atoms with van der Waals surface area (Å²) >= 11 is 0. The fraction of sp³-hybridized carbons (Fsp3) is 0.552. The Hall–Kier alpha value is -2.37. The highest BCUT2D eigenvalue weighted by Gasteiger charge is 2.78. The number of ether oxygens (including phenoxy) is 1. The lowest BCUT2D eigenvalue weighted by Crippen LogP contribution is -2.74. The van der Waals surface area contributed by atoms with Crippen molar-refractivity contribution in [2.45, 2.75) is 67.7 Å². The summed E-state index contributed by atoms with van der Waals surface area (Å²) < 4.78 is 7.25. The third-order valence-corrected chi connectivity index (χ3v) is 10.3. The minimum Gasteiger partial charge on any atom is -0.508 e. The Morgan fingerprint density at radius 1 is 1.09 bits per heavy atom. The summed E-state index contributed by atoms with van der Waals surface area (Å²) in [4.78, 5) is 18.5. The third-order valence-electron chi connectivity index (χ3n) is 10.3. The molecule has 34 heavy (non-hydrogen) atoms. The van der Waals surface area contributed by atoms with Gasteiger partial charge < -0.3 is 14.7 Å². The second-order valence-corrected chi connectivity index (χ2v) is 11.7. The third kappa shape index (κ3) is 2.35. The van der Waals surface area contributed by atoms with Gasteiger partial charge in [-0.2, -0.15) is 0 Å². The van der Waals surface area contributed by atoms with Gasteiger partial charge in [0.15, 0.2) is 0 Å². The molecule has 0 spiro atoms. The molecular formula is C29H32N2O3. The molecule has 176 valence electrons. The maximum absolute atomic E-state index is 13.6. The van der Waals surface area contributed by atoms with E-state index in [1.807, 2.05) is 42.5 Å². The monoisotopic (exact) mass is 456 g/mol. The van der Waals surface area contributed by atoms with Gasteiger partial charge in [0, 0.05) is 42.1 Å². The van der Waals surface area contributed by atoms with Crippen molar-refractivity contribution in [3.8, 4) is 5.75 Å². The van der Waals surface area contributed by atoms with Crippen LogP contribution >= 0.6 is 0 Å². The average molecular weight is 457 g/mol. The van der Waals surface area contributed by atoms with Gasteiger partial charge in [0.05, 0.1) is 11.7 Å². The second kappa shape index (κ2) is 6.64. The summed E-state index contributed by atoms with van der Waals surface area (Å²) in [6.45, 7) is 3.00. The molecule has 1 N–H and O–H groups in total. The van der Waals surface area contributed by atoms with Gasteiger partial charge in [0.1, 0.15) is 5.75 Å². The van der Waals surface area contributed by atoms with Crippen molar-refractivity contribution in [1.82, 2.24) is 9.80 Å². The van der Waals surface area contributed by atoms with E-state index in [-0.39, 0.29) is 29.1 Å². The Labute approximate surface area is 200 Å². The van der Waals surface area contributed by atoms with Crippen molar-refractivity contribution >= 4 is 5.91 Å². The molecule has 8 rings (SSSR count). The molecule has 3 heterocycles. The number of fused-ring (bicyclic) bond motifs is 1. The number of carbonyl (C=O) groups is 1. The van der Waals surface area contributed by atoms with Crippen LogP contribution in [0.2, 0.25) is 0 Å². The number of phenols is 1. The van der Waals surface area contributed by atoms with Crippen LogP contribution in [0.5, 0.6) is 5.75 Å². The lowest BCUT2D eigenvalue weighted by atomic mass is 9.46. The molecule has 6 atom stereocenters. The zero-order chi connectivity index (χ0) is 22.7. The van der Waals surface area contributed by atoms with Crippen LogP contribution in [0.3, 0.4) is 0 Å². The smallest absolute Gasteiger partial charge is 0.254 e. The van der Waals surface area contributed by atoms with Crippen molar-refractivity contribution < 1.29 is 14.6 Å². The van der Waals surface area contributed by atoms with Crippen LogP contribution in [0.1, 0.15) is 53.6 Å². The maximum atomic E-state index is 13.6. The van der Waals surface area contributed by atoms with Crippen LogP contribution in [0.4, 0.5) is 0 Å². The van der Waals surface area contributed by atoms with E-state index in [0.717, 1.165) is 43.7 Å². The Morgan fingerprint density at radius 3 is 2.76 bits per heavy atom. The van der Waals surface area contributed by atoms with Gasteiger partial charge >= 0.3 is 0 Å². The van der Waals surface area contributed by atoms with Crippen LogP contribution in [0.25, 0.3) is 0 Å². The number of hydrogen-bond donors (Lipinski definition) is 1. The zero-order valence-electron chi connectivity index (χ0n) is 19.5. The molecule has 5 nitrogen and oxygen atoms in total. The first-order valence-corrected chi connectivity index (χ1v) is 13.2. The van der Waals surface area contributed by atoms with Gasteiger partial charge in [-0.15, -0.1) is 0 Å². The molecule has 5 fully saturated rings. The molecule has 5 heteroatoms. The van der Waals surface area contributed by atoms with Crippen LogP contribution in [-0.4, -0.2) is 64.2 Å². The number of amides is 1. The highest BCUT2D eigenvalue weighted by atomic mass is 16.5. The van der Waals surface area contributed by atoms with Crippen molar-refractivity contribution in [1.29, 1.82) is 0 Å². The molecule has 4 bridgehead atoms. The molecule has 2 aromatic rings. The first kappa shape index (κ1) is 19.9. The van der Waals surface area contributed by atoms with Gasteiger partial charge in [0.2, 0.25) is 0 Å². The minimum atomic E-state index is -0.186. The van der Waals surface area contributed by atoms with E-state index in [2.05, 4.69) is 15.9 Å². The Balaban J connectivity index is 1.25. The predicted octanol–water partition coefficient (Wildman–Crippen LogP) is 3.74. The number of benzene rings is 2. The average Bonchev–Trinajstić information content (AvgIpc) is 3.55. The molecule has 2 saturated carbocycles. The largest absolute Gasteiger partial charge is 0.508 e. The van der Waals surface area contributed by atoms with Gasteiger partial charge in [0.25, 0.3) is 5.91 Å². The fourth-order valence-electron chi connectivity index (χ4n) is 9.00. The van der Waals surface area contributed by atoms with Gasteiger partial charge in [-0.05, 0) is 86.4 Å². The minimum absolute atomic E-state index is 0.0804. The van der Waals surface area contributed by atoms with Gasteiger partial charge in [-0.25, -0.2) is 0 Å². The number of aromatic hydroxyl groups is 1. The lowest BCUT2D eigenvalue weighted by molar-refractivity contribution is -0.171. The summed E-state index contributed by atoms with van der Waals surface area (Å²) in [5.41, 5.74) is 3.19. The molecular weight excluding hydrogens is 424 g/mol. The Bertz CT molecular complexity index is 1180. The van der Waals surface area contributed by atoms with Crippen molar-refractivity contribution in [3.63, 3.8) is 0 Å². The maximum Gasteiger partial charge on any atom is 0.254 e. The molecule has 2 aromatic carbocycles. The summed E-state index contributed by atoms with van der Waals surface area (Å²) in [5, 5.41) is 10.6. The van der Waals surface area contributed by atoms with E-state index in [1.165, 1.54) is 30.5 Å². The molecule has 0 radical (unpaired) electrons. The number of likely N-dealkylation sites (tertiary alicyclic amines) is 2. The lowest BCUT2D eigenvalue weighted by Gasteiger charge is -2.64. The van der Waals surface area contributed by atoms with Crippen LogP contribution in [0, 0.1) is 11.8 Å². The van der Waals surface area contributed by atoms with Gasteiger partial charge in [-0.3, -0.25) is 9.69 Å². The SMILES string of the molecule is O=C(c1ccccc1)N1C[C@H]2OC34CC[C@@H]1C2C31CCN(CC2CC2)C4Cc2ccc(O)cc21. The summed E-state index contributed by atoms with van der Waals surface area (Å²) in [6, 6.07) is 16.4. The normalized spacial score (nSPS) is 39.6. The van der Waals surface area contributed by atoms with Crippen LogP contribution in [-0.2, 0) is 16.6 Å². The number of piperidine rings is 1. The van der Waals surface area contributed by atoms with Crippen molar-refractivity contribution in [2.75, 3.05) is 19.6 Å². The summed E-state index contributed by atoms with van der Waals surface area (Å²) in [7, 11) is 0. The number of nitrogens with zero attached hydrogens (tertiary/aromatic N) is 2. The van der Waals surface area contributed by atoms with E-state index in [4.69, 9.17) is 4.74 Å². The Kier molecular flexibility index (Phi) is 3.88. The van der Waals surface area contributed by atoms with Crippen LogP contribution in [0.15, 0.2) is 48.5 Å². The first-order chi connectivity index (χ1) is 16.6. The molecule has 0 aromatic heterocycles. The van der Waals surface area contributed by atoms with E-state index in [1.54, 1.807) is 0 Å². The zero-order valence-corrected chi connectivity index (χ0v) is 19.5. The number of rotatable bonds is 3. The molecule has 3 aliphatic heterocycles. The standard InChI is InChI=1S/C29H32N2O3/c32-21-9-8-20-14-25-29-11-10-23-26(24(34-29)17-31(23)27(33)19-4-2-1-3-5-19)28(29,22(20)15-21)12-13-30(25)16-18-6-7-18/h1-5,8-9,15,18,23-26,32H,6-7,10-14,16-17H2/t23-,24-,25?,26?,28?,29?/m1/s1. The molecule has 1 amide bonds. The van der Waals surface area contributed by atoms with Crippen molar-refractivity contribution in [3.05, 3.63) is 65.2 Å². The highest BCUT2D eigenvalue weighted by Crippen LogP contribution is 2.69. The number of hydrogen-bond acceptors (Lipinski definition) is 4. The van der Waals surface area contributed by atoms with Crippen LogP contribution < -0.4 is 0 Å². The Morgan fingerprint density at radius 2 is 1.94 bits per heavy atom. The molecule has 6 aliphatic rings. The van der Waals surface area contributed by atoms with E-state index in [9.17, 15) is 9.90 Å².